The van der Waals surface area contributed by atoms with Crippen molar-refractivity contribution in [2.75, 3.05) is 6.54 Å². The average molecular weight is 257 g/mol. The maximum absolute atomic E-state index is 11.8. The van der Waals surface area contributed by atoms with Gasteiger partial charge in [0.15, 0.2) is 5.75 Å². The van der Waals surface area contributed by atoms with Gasteiger partial charge in [0.2, 0.25) is 5.43 Å². The van der Waals surface area contributed by atoms with Gasteiger partial charge in [0.1, 0.15) is 0 Å². The number of hydrogen-bond acceptors (Lipinski definition) is 3. The number of aryl methyl sites for hydroxylation is 1. The zero-order valence-electron chi connectivity index (χ0n) is 11.0. The monoisotopic (exact) mass is 257 g/mol. The highest BCUT2D eigenvalue weighted by Gasteiger charge is 2.05. The summed E-state index contributed by atoms with van der Waals surface area (Å²) in [5.74, 6) is 0.377. The molecule has 1 aromatic carbocycles. The van der Waals surface area contributed by atoms with Gasteiger partial charge in [0.25, 0.3) is 0 Å². The maximum atomic E-state index is 11.8. The molecule has 0 fully saturated rings. The molecule has 0 spiro atoms. The van der Waals surface area contributed by atoms with Crippen LogP contribution < -0.4 is 15.5 Å². The number of hydrogen-bond donors (Lipinski definition) is 1. The van der Waals surface area contributed by atoms with Crippen LogP contribution in [0.5, 0.6) is 5.75 Å². The molecule has 100 valence electrons. The van der Waals surface area contributed by atoms with Gasteiger partial charge in [-0.05, 0) is 30.9 Å². The summed E-state index contributed by atoms with van der Waals surface area (Å²) in [6.45, 7) is 4.32. The summed E-state index contributed by atoms with van der Waals surface area (Å²) < 4.78 is 5.24. The van der Waals surface area contributed by atoms with E-state index in [1.807, 2.05) is 12.1 Å². The summed E-state index contributed by atoms with van der Waals surface area (Å²) in [5.41, 5.74) is 0.800. The van der Waals surface area contributed by atoms with Crippen LogP contribution in [-0.4, -0.2) is 6.54 Å². The molecule has 1 aromatic rings. The fourth-order valence-corrected chi connectivity index (χ4v) is 1.82. The zero-order chi connectivity index (χ0) is 13.9. The third-order valence-electron chi connectivity index (χ3n) is 2.72. The topological polar surface area (TPSA) is 38.3 Å². The lowest BCUT2D eigenvalue weighted by atomic mass is 10.1. The summed E-state index contributed by atoms with van der Waals surface area (Å²) >= 11 is 0. The Kier molecular flexibility index (Phi) is 6.89. The first-order chi connectivity index (χ1) is 9.29. The minimum absolute atomic E-state index is 0.117. The van der Waals surface area contributed by atoms with Gasteiger partial charge in [-0.25, -0.2) is 0 Å². The standard InChI is InChI=1S/C16H19NO2/c1-3-17-13-9-5-6-10-14-11-7-8-12-15(18)16(14)19-4-2/h1,4,7-8,11-12,17H,2,5-6,9-10,13H2. The lowest BCUT2D eigenvalue weighted by molar-refractivity contribution is 0.471. The van der Waals surface area contributed by atoms with Gasteiger partial charge < -0.3 is 10.1 Å². The average Bonchev–Trinajstić information content (AvgIpc) is 2.58. The Bertz CT molecular complexity index is 503. The predicted octanol–water partition coefficient (Wildman–Crippen LogP) is 2.46. The lowest BCUT2D eigenvalue weighted by Crippen LogP contribution is -2.07. The molecule has 0 aliphatic rings. The van der Waals surface area contributed by atoms with E-state index in [0.717, 1.165) is 37.8 Å². The van der Waals surface area contributed by atoms with Gasteiger partial charge in [-0.3, -0.25) is 4.79 Å². The van der Waals surface area contributed by atoms with Crippen molar-refractivity contribution in [2.24, 2.45) is 0 Å². The lowest BCUT2D eigenvalue weighted by Gasteiger charge is -2.05. The van der Waals surface area contributed by atoms with Crippen molar-refractivity contribution in [3.05, 3.63) is 52.9 Å². The molecule has 1 N–H and O–H groups in total. The van der Waals surface area contributed by atoms with Gasteiger partial charge in [-0.1, -0.05) is 37.6 Å². The minimum atomic E-state index is -0.117. The van der Waals surface area contributed by atoms with Crippen molar-refractivity contribution in [3.63, 3.8) is 0 Å². The summed E-state index contributed by atoms with van der Waals surface area (Å²) in [7, 11) is 0. The van der Waals surface area contributed by atoms with E-state index in [2.05, 4.69) is 17.9 Å². The smallest absolute Gasteiger partial charge is 0.221 e. The predicted molar refractivity (Wildman–Crippen MR) is 77.9 cm³/mol. The summed E-state index contributed by atoms with van der Waals surface area (Å²) in [6.07, 6.45) is 10.3. The third-order valence-corrected chi connectivity index (χ3v) is 2.72. The number of ether oxygens (including phenoxy) is 1. The van der Waals surface area contributed by atoms with Gasteiger partial charge in [-0.2, -0.15) is 0 Å². The Labute approximate surface area is 114 Å². The van der Waals surface area contributed by atoms with E-state index >= 15 is 0 Å². The number of terminal acetylenes is 1. The molecule has 0 aliphatic heterocycles. The van der Waals surface area contributed by atoms with Gasteiger partial charge in [0, 0.05) is 12.6 Å². The molecule has 0 aromatic heterocycles. The van der Waals surface area contributed by atoms with Crippen LogP contribution >= 0.6 is 0 Å². The van der Waals surface area contributed by atoms with Gasteiger partial charge >= 0.3 is 0 Å². The molecular weight excluding hydrogens is 238 g/mol. The maximum Gasteiger partial charge on any atom is 0.221 e. The molecule has 0 saturated carbocycles. The first-order valence-corrected chi connectivity index (χ1v) is 6.38. The minimum Gasteiger partial charge on any atom is -0.461 e. The Morgan fingerprint density at radius 3 is 2.84 bits per heavy atom. The van der Waals surface area contributed by atoms with E-state index < -0.39 is 0 Å². The van der Waals surface area contributed by atoms with E-state index in [1.165, 1.54) is 12.3 Å². The molecule has 0 radical (unpaired) electrons. The zero-order valence-corrected chi connectivity index (χ0v) is 11.0. The molecule has 0 amide bonds. The summed E-state index contributed by atoms with van der Waals surface area (Å²) in [4.78, 5) is 11.8. The molecule has 0 aliphatic carbocycles. The number of unbranched alkanes of at least 4 members (excludes halogenated alkanes) is 2. The van der Waals surface area contributed by atoms with Gasteiger partial charge in [-0.15, -0.1) is 0 Å². The molecular formula is C16H19NO2. The summed E-state index contributed by atoms with van der Waals surface area (Å²) in [5, 5.41) is 2.83. The van der Waals surface area contributed by atoms with Crippen LogP contribution in [0, 0.1) is 12.5 Å². The molecule has 1 rings (SSSR count). The molecule has 0 atom stereocenters. The van der Waals surface area contributed by atoms with Crippen molar-refractivity contribution in [1.29, 1.82) is 0 Å². The molecule has 19 heavy (non-hydrogen) atoms. The van der Waals surface area contributed by atoms with E-state index in [4.69, 9.17) is 11.2 Å². The van der Waals surface area contributed by atoms with Crippen LogP contribution in [0.15, 0.2) is 41.9 Å². The Balaban J connectivity index is 2.60. The largest absolute Gasteiger partial charge is 0.461 e. The molecule has 0 unspecified atom stereocenters. The van der Waals surface area contributed by atoms with Crippen molar-refractivity contribution in [3.8, 4) is 18.2 Å². The quantitative estimate of drug-likeness (QED) is 0.336. The van der Waals surface area contributed by atoms with E-state index in [1.54, 1.807) is 6.07 Å². The second-order valence-electron chi connectivity index (χ2n) is 4.10. The number of rotatable bonds is 8. The second-order valence-corrected chi connectivity index (χ2v) is 4.10. The van der Waals surface area contributed by atoms with Crippen molar-refractivity contribution < 1.29 is 4.74 Å². The molecule has 0 heterocycles. The first kappa shape index (κ1) is 14.8. The third kappa shape index (κ3) is 5.31. The fraction of sp³-hybridized carbons (Fsp3) is 0.312. The highest BCUT2D eigenvalue weighted by atomic mass is 16.5. The molecule has 0 saturated heterocycles. The Morgan fingerprint density at radius 1 is 1.32 bits per heavy atom. The van der Waals surface area contributed by atoms with E-state index in [0.29, 0.717) is 5.75 Å². The van der Waals surface area contributed by atoms with Crippen molar-refractivity contribution >= 4 is 0 Å². The van der Waals surface area contributed by atoms with E-state index in [-0.39, 0.29) is 5.43 Å². The van der Waals surface area contributed by atoms with Crippen LogP contribution in [0.25, 0.3) is 0 Å². The fourth-order valence-electron chi connectivity index (χ4n) is 1.82. The Morgan fingerprint density at radius 2 is 2.11 bits per heavy atom. The van der Waals surface area contributed by atoms with Crippen molar-refractivity contribution in [2.45, 2.75) is 25.7 Å². The Hall–Kier alpha value is -2.21. The second kappa shape index (κ2) is 8.82. The summed E-state index contributed by atoms with van der Waals surface area (Å²) in [6, 6.07) is 9.38. The SMILES string of the molecule is C#CNCCCCCc1ccccc(=O)c1OC=C. The first-order valence-electron chi connectivity index (χ1n) is 6.38. The number of nitrogens with one attached hydrogen (secondary N) is 1. The van der Waals surface area contributed by atoms with Gasteiger partial charge in [0.05, 0.1) is 6.26 Å². The molecule has 3 heteroatoms. The molecule has 3 nitrogen and oxygen atoms in total. The highest BCUT2D eigenvalue weighted by molar-refractivity contribution is 5.32. The normalized spacial score (nSPS) is 9.42. The van der Waals surface area contributed by atoms with Crippen LogP contribution in [0.1, 0.15) is 24.8 Å². The van der Waals surface area contributed by atoms with Crippen molar-refractivity contribution in [1.82, 2.24) is 5.32 Å². The van der Waals surface area contributed by atoms with Crippen LogP contribution in [0.4, 0.5) is 0 Å². The van der Waals surface area contributed by atoms with E-state index in [9.17, 15) is 4.79 Å². The van der Waals surface area contributed by atoms with Crippen LogP contribution in [0.3, 0.4) is 0 Å². The van der Waals surface area contributed by atoms with Crippen LogP contribution in [-0.2, 0) is 6.42 Å². The molecule has 0 bridgehead atoms. The van der Waals surface area contributed by atoms with Crippen LogP contribution in [0.2, 0.25) is 0 Å². The highest BCUT2D eigenvalue weighted by Crippen LogP contribution is 2.15.